The summed E-state index contributed by atoms with van der Waals surface area (Å²) in [5.41, 5.74) is 1.92. The Labute approximate surface area is 124 Å². The number of furan rings is 1. The maximum atomic E-state index is 6.23. The monoisotopic (exact) mass is 299 g/mol. The van der Waals surface area contributed by atoms with E-state index < -0.39 is 0 Å². The Bertz CT molecular complexity index is 575. The molecule has 1 N–H and O–H groups in total. The van der Waals surface area contributed by atoms with Crippen molar-refractivity contribution >= 4 is 34.2 Å². The van der Waals surface area contributed by atoms with E-state index in [1.54, 1.807) is 0 Å². The third-order valence-corrected chi connectivity index (χ3v) is 3.94. The highest BCUT2D eigenvalue weighted by molar-refractivity contribution is 6.44. The molecule has 0 radical (unpaired) electrons. The molecule has 0 atom stereocenters. The van der Waals surface area contributed by atoms with E-state index in [1.807, 2.05) is 12.1 Å². The number of hydrogen-bond donors (Lipinski definition) is 1. The van der Waals surface area contributed by atoms with E-state index in [9.17, 15) is 0 Å². The van der Waals surface area contributed by atoms with Crippen LogP contribution >= 0.6 is 23.2 Å². The van der Waals surface area contributed by atoms with Crippen molar-refractivity contribution in [2.75, 3.05) is 6.54 Å². The van der Waals surface area contributed by atoms with E-state index in [2.05, 4.69) is 26.1 Å². The number of benzene rings is 1. The van der Waals surface area contributed by atoms with Crippen molar-refractivity contribution in [1.82, 2.24) is 5.32 Å². The molecule has 2 nitrogen and oxygen atoms in total. The van der Waals surface area contributed by atoms with Gasteiger partial charge in [0.1, 0.15) is 10.8 Å². The maximum absolute atomic E-state index is 6.23. The average molecular weight is 300 g/mol. The first kappa shape index (κ1) is 14.7. The second kappa shape index (κ2) is 6.17. The van der Waals surface area contributed by atoms with Gasteiger partial charge in [-0.1, -0.05) is 44.0 Å². The molecule has 0 saturated heterocycles. The van der Waals surface area contributed by atoms with Crippen molar-refractivity contribution in [2.24, 2.45) is 0 Å². The highest BCUT2D eigenvalue weighted by atomic mass is 35.5. The molecule has 1 aromatic carbocycles. The van der Waals surface area contributed by atoms with E-state index in [0.717, 1.165) is 30.7 Å². The minimum absolute atomic E-state index is 0.386. The summed E-state index contributed by atoms with van der Waals surface area (Å²) in [6.45, 7) is 8.17. The fourth-order valence-electron chi connectivity index (χ4n) is 2.32. The Balaban J connectivity index is 2.50. The van der Waals surface area contributed by atoms with Gasteiger partial charge in [-0.05, 0) is 31.0 Å². The molecule has 104 valence electrons. The minimum atomic E-state index is 0.386. The van der Waals surface area contributed by atoms with Gasteiger partial charge in [0.05, 0.1) is 11.6 Å². The first-order valence-corrected chi connectivity index (χ1v) is 7.41. The fraction of sp³-hybridized carbons (Fsp3) is 0.467. The summed E-state index contributed by atoms with van der Waals surface area (Å²) in [5.74, 6) is 1.35. The number of rotatable bonds is 5. The Kier molecular flexibility index (Phi) is 4.77. The topological polar surface area (TPSA) is 25.2 Å². The second-order valence-electron chi connectivity index (χ2n) is 5.01. The molecule has 1 heterocycles. The largest absolute Gasteiger partial charge is 0.458 e. The summed E-state index contributed by atoms with van der Waals surface area (Å²) in [5, 5.41) is 5.48. The molecule has 19 heavy (non-hydrogen) atoms. The number of nitrogens with one attached hydrogen (secondary N) is 1. The molecule has 0 spiro atoms. The van der Waals surface area contributed by atoms with Crippen LogP contribution in [-0.4, -0.2) is 6.54 Å². The molecule has 0 unspecified atom stereocenters. The van der Waals surface area contributed by atoms with Crippen molar-refractivity contribution in [1.29, 1.82) is 0 Å². The molecule has 0 bridgehead atoms. The van der Waals surface area contributed by atoms with Crippen LogP contribution in [0.5, 0.6) is 0 Å². The van der Waals surface area contributed by atoms with E-state index in [0.29, 0.717) is 21.5 Å². The van der Waals surface area contributed by atoms with Gasteiger partial charge in [-0.15, -0.1) is 0 Å². The first-order chi connectivity index (χ1) is 9.06. The van der Waals surface area contributed by atoms with Gasteiger partial charge in [-0.3, -0.25) is 0 Å². The van der Waals surface area contributed by atoms with Crippen molar-refractivity contribution in [3.8, 4) is 0 Å². The Hall–Kier alpha value is -0.700. The lowest BCUT2D eigenvalue weighted by molar-refractivity contribution is 0.504. The Morgan fingerprint density at radius 3 is 2.63 bits per heavy atom. The molecule has 1 aromatic heterocycles. The molecule has 2 aromatic rings. The highest BCUT2D eigenvalue weighted by Gasteiger charge is 2.19. The van der Waals surface area contributed by atoms with Gasteiger partial charge in [-0.2, -0.15) is 0 Å². The van der Waals surface area contributed by atoms with Crippen LogP contribution in [0.15, 0.2) is 16.5 Å². The zero-order valence-corrected chi connectivity index (χ0v) is 13.0. The molecule has 2 rings (SSSR count). The third kappa shape index (κ3) is 2.91. The van der Waals surface area contributed by atoms with E-state index in [1.165, 1.54) is 5.56 Å². The summed E-state index contributed by atoms with van der Waals surface area (Å²) in [6, 6.07) is 3.82. The van der Waals surface area contributed by atoms with Crippen LogP contribution in [0.2, 0.25) is 10.0 Å². The quantitative estimate of drug-likeness (QED) is 0.752. The molecule has 0 aliphatic rings. The van der Waals surface area contributed by atoms with Gasteiger partial charge in [-0.25, -0.2) is 0 Å². The van der Waals surface area contributed by atoms with Gasteiger partial charge in [0.15, 0.2) is 5.58 Å². The molecule has 4 heteroatoms. The maximum Gasteiger partial charge on any atom is 0.154 e. The van der Waals surface area contributed by atoms with Crippen LogP contribution in [0.1, 0.15) is 44.4 Å². The standard InChI is InChI=1S/C15H19Cl2NO/c1-4-7-18-8-12-13(9(2)3)10-5-6-11(16)14(17)15(10)19-12/h5-6,9,18H,4,7-8H2,1-3H3. The van der Waals surface area contributed by atoms with Crippen molar-refractivity contribution < 1.29 is 4.42 Å². The lowest BCUT2D eigenvalue weighted by Crippen LogP contribution is -2.14. The van der Waals surface area contributed by atoms with E-state index in [-0.39, 0.29) is 0 Å². The summed E-state index contributed by atoms with van der Waals surface area (Å²) < 4.78 is 5.94. The predicted octanol–water partition coefficient (Wildman–Crippen LogP) is 5.36. The molecule has 0 fully saturated rings. The second-order valence-corrected chi connectivity index (χ2v) is 5.79. The van der Waals surface area contributed by atoms with Gasteiger partial charge in [0.2, 0.25) is 0 Å². The predicted molar refractivity (Wildman–Crippen MR) is 82.3 cm³/mol. The van der Waals surface area contributed by atoms with Gasteiger partial charge >= 0.3 is 0 Å². The van der Waals surface area contributed by atoms with E-state index >= 15 is 0 Å². The van der Waals surface area contributed by atoms with Crippen LogP contribution < -0.4 is 5.32 Å². The molecule has 0 saturated carbocycles. The van der Waals surface area contributed by atoms with Crippen LogP contribution in [0.25, 0.3) is 11.0 Å². The molecule has 0 amide bonds. The summed E-state index contributed by atoms with van der Waals surface area (Å²) in [7, 11) is 0. The number of halogens is 2. The molecular formula is C15H19Cl2NO. The normalized spacial score (nSPS) is 11.7. The van der Waals surface area contributed by atoms with Crippen LogP contribution in [0, 0.1) is 0 Å². The Morgan fingerprint density at radius 1 is 1.26 bits per heavy atom. The lowest BCUT2D eigenvalue weighted by Gasteiger charge is -2.07. The highest BCUT2D eigenvalue weighted by Crippen LogP contribution is 2.38. The summed E-state index contributed by atoms with van der Waals surface area (Å²) in [4.78, 5) is 0. The lowest BCUT2D eigenvalue weighted by atomic mass is 9.99. The fourth-order valence-corrected chi connectivity index (χ4v) is 2.67. The number of hydrogen-bond acceptors (Lipinski definition) is 2. The summed E-state index contributed by atoms with van der Waals surface area (Å²) in [6.07, 6.45) is 1.10. The van der Waals surface area contributed by atoms with Crippen molar-refractivity contribution in [3.05, 3.63) is 33.5 Å². The SMILES string of the molecule is CCCNCc1oc2c(Cl)c(Cl)ccc2c1C(C)C. The zero-order chi connectivity index (χ0) is 14.0. The Morgan fingerprint density at radius 2 is 2.00 bits per heavy atom. The van der Waals surface area contributed by atoms with Crippen molar-refractivity contribution in [2.45, 2.75) is 39.7 Å². The zero-order valence-electron chi connectivity index (χ0n) is 11.5. The van der Waals surface area contributed by atoms with Crippen LogP contribution in [0.4, 0.5) is 0 Å². The van der Waals surface area contributed by atoms with Gasteiger partial charge < -0.3 is 9.73 Å². The van der Waals surface area contributed by atoms with Crippen molar-refractivity contribution in [3.63, 3.8) is 0 Å². The van der Waals surface area contributed by atoms with Crippen LogP contribution in [0.3, 0.4) is 0 Å². The molecular weight excluding hydrogens is 281 g/mol. The third-order valence-electron chi connectivity index (χ3n) is 3.16. The van der Waals surface area contributed by atoms with Gasteiger partial charge in [0.25, 0.3) is 0 Å². The smallest absolute Gasteiger partial charge is 0.154 e. The summed E-state index contributed by atoms with van der Waals surface area (Å²) >= 11 is 12.3. The average Bonchev–Trinajstić information content (AvgIpc) is 2.73. The number of fused-ring (bicyclic) bond motifs is 1. The van der Waals surface area contributed by atoms with Gasteiger partial charge in [0, 0.05) is 10.9 Å². The minimum Gasteiger partial charge on any atom is -0.458 e. The molecule has 0 aliphatic heterocycles. The molecule has 0 aliphatic carbocycles. The van der Waals surface area contributed by atoms with E-state index in [4.69, 9.17) is 27.6 Å². The van der Waals surface area contributed by atoms with Crippen LogP contribution in [-0.2, 0) is 6.54 Å². The first-order valence-electron chi connectivity index (χ1n) is 6.66.